The fourth-order valence-electron chi connectivity index (χ4n) is 3.69. The zero-order valence-electron chi connectivity index (χ0n) is 22.0. The minimum Gasteiger partial charge on any atom is -0.354 e. The van der Waals surface area contributed by atoms with Crippen LogP contribution < -0.4 is 9.62 Å². The molecule has 0 aliphatic carbocycles. The quantitative estimate of drug-likeness (QED) is 0.533. The normalized spacial score (nSPS) is 12.7. The predicted octanol–water partition coefficient (Wildman–Crippen LogP) is 4.00. The average Bonchev–Trinajstić information content (AvgIpc) is 2.78. The lowest BCUT2D eigenvalue weighted by Gasteiger charge is -2.32. The van der Waals surface area contributed by atoms with Crippen LogP contribution in [0.25, 0.3) is 0 Å². The van der Waals surface area contributed by atoms with Crippen molar-refractivity contribution >= 4 is 27.5 Å². The molecule has 0 aliphatic rings. The number of carbonyl (C=O) groups excluding carboxylic acids is 2. The van der Waals surface area contributed by atoms with E-state index >= 15 is 0 Å². The SMILES string of the molecule is CCCNC(=O)[C@H](C)N(Cc1ccccc1C)C(=O)CN(c1ccc(C(C)(C)C)cc1)S(C)(=O)=O. The monoisotopic (exact) mass is 501 g/mol. The van der Waals surface area contributed by atoms with E-state index in [-0.39, 0.29) is 17.9 Å². The second-order valence-corrected chi connectivity index (χ2v) is 11.9. The highest BCUT2D eigenvalue weighted by molar-refractivity contribution is 7.92. The molecular formula is C27H39N3O4S. The molecule has 7 nitrogen and oxygen atoms in total. The van der Waals surface area contributed by atoms with Crippen LogP contribution in [0.15, 0.2) is 48.5 Å². The van der Waals surface area contributed by atoms with Gasteiger partial charge in [0, 0.05) is 13.1 Å². The van der Waals surface area contributed by atoms with Crippen LogP contribution in [-0.4, -0.2) is 50.5 Å². The summed E-state index contributed by atoms with van der Waals surface area (Å²) >= 11 is 0. The van der Waals surface area contributed by atoms with Gasteiger partial charge in [0.2, 0.25) is 21.8 Å². The summed E-state index contributed by atoms with van der Waals surface area (Å²) < 4.78 is 26.5. The van der Waals surface area contributed by atoms with Gasteiger partial charge < -0.3 is 10.2 Å². The molecule has 1 atom stereocenters. The number of hydrogen-bond donors (Lipinski definition) is 1. The first-order chi connectivity index (χ1) is 16.3. The summed E-state index contributed by atoms with van der Waals surface area (Å²) in [5.41, 5.74) is 3.27. The number of rotatable bonds is 10. The summed E-state index contributed by atoms with van der Waals surface area (Å²) in [5.74, 6) is -0.716. The van der Waals surface area contributed by atoms with Gasteiger partial charge in [-0.15, -0.1) is 0 Å². The lowest BCUT2D eigenvalue weighted by Crippen LogP contribution is -2.51. The molecule has 0 bridgehead atoms. The van der Waals surface area contributed by atoms with Gasteiger partial charge in [0.15, 0.2) is 0 Å². The highest BCUT2D eigenvalue weighted by Crippen LogP contribution is 2.26. The number of hydrogen-bond acceptors (Lipinski definition) is 4. The molecule has 2 aromatic rings. The molecule has 0 aromatic heterocycles. The van der Waals surface area contributed by atoms with E-state index < -0.39 is 28.5 Å². The van der Waals surface area contributed by atoms with Gasteiger partial charge in [-0.05, 0) is 54.5 Å². The number of anilines is 1. The molecule has 0 fully saturated rings. The maximum atomic E-state index is 13.6. The summed E-state index contributed by atoms with van der Waals surface area (Å²) in [6, 6.07) is 14.1. The highest BCUT2D eigenvalue weighted by atomic mass is 32.2. The topological polar surface area (TPSA) is 86.8 Å². The van der Waals surface area contributed by atoms with Crippen molar-refractivity contribution in [3.63, 3.8) is 0 Å². The molecule has 0 spiro atoms. The summed E-state index contributed by atoms with van der Waals surface area (Å²) in [4.78, 5) is 27.8. The Morgan fingerprint density at radius 3 is 2.14 bits per heavy atom. The van der Waals surface area contributed by atoms with E-state index in [0.29, 0.717) is 12.2 Å². The van der Waals surface area contributed by atoms with Crippen LogP contribution in [0.4, 0.5) is 5.69 Å². The molecule has 0 radical (unpaired) electrons. The third-order valence-corrected chi connectivity index (χ3v) is 7.16. The van der Waals surface area contributed by atoms with E-state index in [1.807, 2.05) is 50.2 Å². The first kappa shape index (κ1) is 28.4. The molecular weight excluding hydrogens is 462 g/mol. The number of aryl methyl sites for hydroxylation is 1. The Balaban J connectivity index is 2.39. The largest absolute Gasteiger partial charge is 0.354 e. The zero-order chi connectivity index (χ0) is 26.4. The maximum Gasteiger partial charge on any atom is 0.244 e. The van der Waals surface area contributed by atoms with E-state index in [2.05, 4.69) is 26.1 Å². The highest BCUT2D eigenvalue weighted by Gasteiger charge is 2.30. The van der Waals surface area contributed by atoms with Crippen molar-refractivity contribution in [2.45, 2.75) is 66.0 Å². The van der Waals surface area contributed by atoms with Crippen LogP contribution in [0.1, 0.15) is 57.7 Å². The Hall–Kier alpha value is -2.87. The van der Waals surface area contributed by atoms with Gasteiger partial charge in [0.25, 0.3) is 0 Å². The fraction of sp³-hybridized carbons (Fsp3) is 0.481. The Kier molecular flexibility index (Phi) is 9.49. The molecule has 0 unspecified atom stereocenters. The smallest absolute Gasteiger partial charge is 0.244 e. The molecule has 0 saturated heterocycles. The minimum absolute atomic E-state index is 0.0874. The van der Waals surface area contributed by atoms with Crippen molar-refractivity contribution in [2.75, 3.05) is 23.7 Å². The van der Waals surface area contributed by atoms with E-state index in [1.54, 1.807) is 19.1 Å². The molecule has 2 aromatic carbocycles. The third kappa shape index (κ3) is 7.82. The molecule has 0 aliphatic heterocycles. The zero-order valence-corrected chi connectivity index (χ0v) is 22.8. The number of sulfonamides is 1. The Bertz CT molecular complexity index is 1120. The van der Waals surface area contributed by atoms with E-state index in [1.165, 1.54) is 4.90 Å². The Labute approximate surface area is 210 Å². The van der Waals surface area contributed by atoms with Crippen LogP contribution in [0.5, 0.6) is 0 Å². The van der Waals surface area contributed by atoms with Crippen LogP contribution in [0.3, 0.4) is 0 Å². The molecule has 8 heteroatoms. The maximum absolute atomic E-state index is 13.6. The van der Waals surface area contributed by atoms with Crippen LogP contribution >= 0.6 is 0 Å². The van der Waals surface area contributed by atoms with Crippen molar-refractivity contribution in [1.82, 2.24) is 10.2 Å². The van der Waals surface area contributed by atoms with Crippen LogP contribution in [0.2, 0.25) is 0 Å². The summed E-state index contributed by atoms with van der Waals surface area (Å²) in [6.07, 6.45) is 1.86. The van der Waals surface area contributed by atoms with E-state index in [4.69, 9.17) is 0 Å². The number of amides is 2. The first-order valence-corrected chi connectivity index (χ1v) is 13.8. The molecule has 0 saturated carbocycles. The lowest BCUT2D eigenvalue weighted by atomic mass is 9.87. The summed E-state index contributed by atoms with van der Waals surface area (Å²) in [6.45, 7) is 12.1. The van der Waals surface area contributed by atoms with Crippen LogP contribution in [0, 0.1) is 6.92 Å². The minimum atomic E-state index is -3.75. The van der Waals surface area contributed by atoms with Gasteiger partial charge in [0.05, 0.1) is 11.9 Å². The third-order valence-electron chi connectivity index (χ3n) is 6.02. The first-order valence-electron chi connectivity index (χ1n) is 12.0. The number of nitrogens with one attached hydrogen (secondary N) is 1. The fourth-order valence-corrected chi connectivity index (χ4v) is 4.54. The molecule has 2 amide bonds. The van der Waals surface area contributed by atoms with E-state index in [9.17, 15) is 18.0 Å². The van der Waals surface area contributed by atoms with Gasteiger partial charge in [-0.25, -0.2) is 8.42 Å². The predicted molar refractivity (Wildman–Crippen MR) is 142 cm³/mol. The molecule has 0 heterocycles. The van der Waals surface area contributed by atoms with Crippen LogP contribution in [-0.2, 0) is 31.6 Å². The van der Waals surface area contributed by atoms with Gasteiger partial charge in [-0.2, -0.15) is 0 Å². The van der Waals surface area contributed by atoms with E-state index in [0.717, 1.165) is 33.7 Å². The van der Waals surface area contributed by atoms with Gasteiger partial charge in [-0.1, -0.05) is 64.1 Å². The van der Waals surface area contributed by atoms with Crippen molar-refractivity contribution in [3.05, 3.63) is 65.2 Å². The summed E-state index contributed by atoms with van der Waals surface area (Å²) in [5, 5.41) is 2.84. The number of carbonyl (C=O) groups is 2. The van der Waals surface area contributed by atoms with Gasteiger partial charge >= 0.3 is 0 Å². The summed E-state index contributed by atoms with van der Waals surface area (Å²) in [7, 11) is -3.75. The van der Waals surface area contributed by atoms with Gasteiger partial charge in [0.1, 0.15) is 12.6 Å². The molecule has 1 N–H and O–H groups in total. The number of benzene rings is 2. The Morgan fingerprint density at radius 1 is 1.03 bits per heavy atom. The molecule has 35 heavy (non-hydrogen) atoms. The molecule has 192 valence electrons. The standard InChI is InChI=1S/C27H39N3O4S/c1-8-17-28-26(32)21(3)29(18-22-12-10-9-11-20(22)2)25(31)19-30(35(7,33)34)24-15-13-23(14-16-24)27(4,5)6/h9-16,21H,8,17-19H2,1-7H3,(H,28,32)/t21-/m0/s1. The van der Waals surface area contributed by atoms with Gasteiger partial charge in [-0.3, -0.25) is 13.9 Å². The average molecular weight is 502 g/mol. The number of nitrogens with zero attached hydrogens (tertiary/aromatic N) is 2. The molecule has 2 rings (SSSR count). The van der Waals surface area contributed by atoms with Crippen molar-refractivity contribution < 1.29 is 18.0 Å². The van der Waals surface area contributed by atoms with Crippen molar-refractivity contribution in [2.24, 2.45) is 0 Å². The van der Waals surface area contributed by atoms with Crippen molar-refractivity contribution in [3.8, 4) is 0 Å². The second kappa shape index (κ2) is 11.7. The second-order valence-electron chi connectivity index (χ2n) is 9.98. The van der Waals surface area contributed by atoms with Crippen molar-refractivity contribution in [1.29, 1.82) is 0 Å². The Morgan fingerprint density at radius 2 is 1.63 bits per heavy atom. The lowest BCUT2D eigenvalue weighted by molar-refractivity contribution is -0.139.